The number of benzene rings is 1. The van der Waals surface area contributed by atoms with Crippen molar-refractivity contribution in [3.05, 3.63) is 33.3 Å². The van der Waals surface area contributed by atoms with Crippen LogP contribution in [0.2, 0.25) is 0 Å². The summed E-state index contributed by atoms with van der Waals surface area (Å²) in [4.78, 5) is 2.44. The molecular formula is C17H24N4S2. The highest BCUT2D eigenvalue weighted by Gasteiger charge is 2.16. The molecule has 1 aromatic heterocycles. The minimum Gasteiger partial charge on any atom is -0.330 e. The van der Waals surface area contributed by atoms with Crippen molar-refractivity contribution in [2.75, 3.05) is 18.4 Å². The van der Waals surface area contributed by atoms with Crippen LogP contribution in [0.25, 0.3) is 0 Å². The molecule has 0 spiro atoms. The molecule has 0 bridgehead atoms. The van der Waals surface area contributed by atoms with E-state index in [1.807, 2.05) is 4.68 Å². The molecule has 1 aliphatic rings. The normalized spacial score (nSPS) is 16.7. The predicted octanol–water partition coefficient (Wildman–Crippen LogP) is 4.72. The Labute approximate surface area is 147 Å². The molecule has 6 heteroatoms. The first kappa shape index (κ1) is 16.6. The lowest BCUT2D eigenvalue weighted by Gasteiger charge is -2.29. The molecule has 1 aromatic carbocycles. The first-order valence-electron chi connectivity index (χ1n) is 8.16. The summed E-state index contributed by atoms with van der Waals surface area (Å²) in [6, 6.07) is 6.36. The summed E-state index contributed by atoms with van der Waals surface area (Å²) < 4.78 is 2.77. The smallest absolute Gasteiger partial charge is 0.209 e. The molecule has 2 aromatic rings. The van der Waals surface area contributed by atoms with Gasteiger partial charge in [-0.1, -0.05) is 24.3 Å². The van der Waals surface area contributed by atoms with Gasteiger partial charge in [0, 0.05) is 18.8 Å². The third kappa shape index (κ3) is 4.19. The van der Waals surface area contributed by atoms with Crippen LogP contribution in [0.1, 0.15) is 30.9 Å². The van der Waals surface area contributed by atoms with Crippen molar-refractivity contribution in [1.82, 2.24) is 14.7 Å². The monoisotopic (exact) mass is 348 g/mol. The predicted molar refractivity (Wildman–Crippen MR) is 100 cm³/mol. The molecule has 1 N–H and O–H groups in total. The number of piperidine rings is 1. The summed E-state index contributed by atoms with van der Waals surface area (Å²) in [5, 5.41) is 8.89. The van der Waals surface area contributed by atoms with E-state index in [4.69, 9.17) is 12.2 Å². The number of aryl methyl sites for hydroxylation is 2. The van der Waals surface area contributed by atoms with Gasteiger partial charge in [0.15, 0.2) is 3.95 Å². The minimum atomic E-state index is 0.802. The maximum atomic E-state index is 5.48. The van der Waals surface area contributed by atoms with Crippen molar-refractivity contribution in [2.24, 2.45) is 5.92 Å². The summed E-state index contributed by atoms with van der Waals surface area (Å²) in [7, 11) is 0. The Hall–Kier alpha value is -1.24. The summed E-state index contributed by atoms with van der Waals surface area (Å²) in [5.41, 5.74) is 3.64. The van der Waals surface area contributed by atoms with E-state index in [-0.39, 0.29) is 0 Å². The van der Waals surface area contributed by atoms with E-state index >= 15 is 0 Å². The van der Waals surface area contributed by atoms with E-state index in [0.717, 1.165) is 40.4 Å². The maximum Gasteiger partial charge on any atom is 0.209 e. The molecule has 0 amide bonds. The lowest BCUT2D eigenvalue weighted by molar-refractivity contribution is 0.146. The van der Waals surface area contributed by atoms with Gasteiger partial charge in [0.25, 0.3) is 0 Å². The lowest BCUT2D eigenvalue weighted by Crippen LogP contribution is -2.34. The SMILES string of the molecule is Cc1ccc(Nc2nn(CN3CCC(C)CC3)c(=S)s2)cc1C. The second kappa shape index (κ2) is 7.11. The van der Waals surface area contributed by atoms with Crippen LogP contribution in [-0.4, -0.2) is 27.8 Å². The zero-order valence-electron chi connectivity index (χ0n) is 14.0. The van der Waals surface area contributed by atoms with Gasteiger partial charge in [-0.3, -0.25) is 4.90 Å². The molecule has 0 unspecified atom stereocenters. The van der Waals surface area contributed by atoms with Crippen molar-refractivity contribution in [3.63, 3.8) is 0 Å². The largest absolute Gasteiger partial charge is 0.330 e. The van der Waals surface area contributed by atoms with Gasteiger partial charge in [-0.15, -0.1) is 5.10 Å². The number of hydrogen-bond acceptors (Lipinski definition) is 5. The molecule has 1 saturated heterocycles. The molecule has 0 radical (unpaired) electrons. The van der Waals surface area contributed by atoms with Crippen molar-refractivity contribution < 1.29 is 0 Å². The number of nitrogens with zero attached hydrogens (tertiary/aromatic N) is 3. The van der Waals surface area contributed by atoms with Crippen LogP contribution in [0.5, 0.6) is 0 Å². The van der Waals surface area contributed by atoms with Crippen molar-refractivity contribution in [2.45, 2.75) is 40.3 Å². The van der Waals surface area contributed by atoms with Crippen LogP contribution in [0.3, 0.4) is 0 Å². The third-order valence-electron chi connectivity index (χ3n) is 4.57. The molecule has 3 rings (SSSR count). The highest BCUT2D eigenvalue weighted by Crippen LogP contribution is 2.23. The van der Waals surface area contributed by atoms with Gasteiger partial charge in [-0.2, -0.15) is 0 Å². The molecule has 2 heterocycles. The number of aromatic nitrogens is 2. The van der Waals surface area contributed by atoms with Crippen LogP contribution in [0.15, 0.2) is 18.2 Å². The average Bonchev–Trinajstić information content (AvgIpc) is 2.85. The van der Waals surface area contributed by atoms with Gasteiger partial charge in [-0.25, -0.2) is 4.68 Å². The molecular weight excluding hydrogens is 324 g/mol. The molecule has 0 atom stereocenters. The highest BCUT2D eigenvalue weighted by molar-refractivity contribution is 7.73. The van der Waals surface area contributed by atoms with Crippen LogP contribution < -0.4 is 5.32 Å². The second-order valence-corrected chi connectivity index (χ2v) is 8.16. The zero-order valence-corrected chi connectivity index (χ0v) is 15.6. The van der Waals surface area contributed by atoms with E-state index in [2.05, 4.69) is 54.3 Å². The van der Waals surface area contributed by atoms with Crippen molar-refractivity contribution in [3.8, 4) is 0 Å². The molecule has 23 heavy (non-hydrogen) atoms. The fraction of sp³-hybridized carbons (Fsp3) is 0.529. The lowest BCUT2D eigenvalue weighted by atomic mass is 10.00. The highest BCUT2D eigenvalue weighted by atomic mass is 32.1. The first-order valence-corrected chi connectivity index (χ1v) is 9.38. The van der Waals surface area contributed by atoms with Gasteiger partial charge in [0.1, 0.15) is 0 Å². The van der Waals surface area contributed by atoms with E-state index in [0.29, 0.717) is 0 Å². The topological polar surface area (TPSA) is 33.1 Å². The molecule has 0 aliphatic carbocycles. The Morgan fingerprint density at radius 2 is 2.00 bits per heavy atom. The van der Waals surface area contributed by atoms with E-state index in [1.54, 1.807) is 0 Å². The van der Waals surface area contributed by atoms with E-state index < -0.39 is 0 Å². The minimum absolute atomic E-state index is 0.802. The Bertz CT molecular complexity index is 726. The Morgan fingerprint density at radius 1 is 1.26 bits per heavy atom. The van der Waals surface area contributed by atoms with Crippen LogP contribution in [-0.2, 0) is 6.67 Å². The summed E-state index contributed by atoms with van der Waals surface area (Å²) >= 11 is 7.02. The van der Waals surface area contributed by atoms with Crippen LogP contribution in [0, 0.1) is 23.7 Å². The molecule has 124 valence electrons. The summed E-state index contributed by atoms with van der Waals surface area (Å²) in [5.74, 6) is 0.844. The zero-order chi connectivity index (χ0) is 16.4. The van der Waals surface area contributed by atoms with Gasteiger partial charge >= 0.3 is 0 Å². The summed E-state index contributed by atoms with van der Waals surface area (Å²) in [6.45, 7) is 9.66. The Kier molecular flexibility index (Phi) is 5.14. The van der Waals surface area contributed by atoms with Gasteiger partial charge in [0.05, 0.1) is 6.67 Å². The van der Waals surface area contributed by atoms with Gasteiger partial charge in [0.2, 0.25) is 5.13 Å². The van der Waals surface area contributed by atoms with Crippen LogP contribution in [0.4, 0.5) is 10.8 Å². The first-order chi connectivity index (χ1) is 11.0. The third-order valence-corrected chi connectivity index (χ3v) is 5.80. The standard InChI is InChI=1S/C17H24N4S2/c1-12-6-8-20(9-7-12)11-21-17(22)23-16(19-21)18-15-5-4-13(2)14(3)10-15/h4-5,10,12H,6-9,11H2,1-3H3,(H,18,19). The number of likely N-dealkylation sites (tertiary alicyclic amines) is 1. The average molecular weight is 349 g/mol. The van der Waals surface area contributed by atoms with E-state index in [1.165, 1.54) is 35.3 Å². The Balaban J connectivity index is 1.68. The molecule has 4 nitrogen and oxygen atoms in total. The summed E-state index contributed by atoms with van der Waals surface area (Å²) in [6.07, 6.45) is 2.54. The fourth-order valence-corrected chi connectivity index (χ4v) is 3.79. The maximum absolute atomic E-state index is 5.48. The number of hydrogen-bond donors (Lipinski definition) is 1. The van der Waals surface area contributed by atoms with Gasteiger partial charge in [-0.05, 0) is 68.1 Å². The fourth-order valence-electron chi connectivity index (χ4n) is 2.78. The van der Waals surface area contributed by atoms with Crippen molar-refractivity contribution >= 4 is 34.4 Å². The Morgan fingerprint density at radius 3 is 2.70 bits per heavy atom. The molecule has 0 saturated carbocycles. The number of nitrogens with one attached hydrogen (secondary N) is 1. The number of anilines is 2. The molecule has 1 aliphatic heterocycles. The quantitative estimate of drug-likeness (QED) is 0.810. The van der Waals surface area contributed by atoms with Crippen molar-refractivity contribution in [1.29, 1.82) is 0 Å². The second-order valence-electron chi connectivity index (χ2n) is 6.54. The number of rotatable bonds is 4. The van der Waals surface area contributed by atoms with Crippen LogP contribution >= 0.6 is 23.6 Å². The van der Waals surface area contributed by atoms with Gasteiger partial charge < -0.3 is 5.32 Å². The molecule has 1 fully saturated rings. The van der Waals surface area contributed by atoms with E-state index in [9.17, 15) is 0 Å².